The molecule has 0 aliphatic heterocycles. The van der Waals surface area contributed by atoms with Crippen molar-refractivity contribution in [2.75, 3.05) is 25.4 Å². The average Bonchev–Trinajstić information content (AvgIpc) is 2.57. The summed E-state index contributed by atoms with van der Waals surface area (Å²) in [5.74, 6) is 0. The highest BCUT2D eigenvalue weighted by Gasteiger charge is 2.29. The third kappa shape index (κ3) is 4.80. The summed E-state index contributed by atoms with van der Waals surface area (Å²) in [4.78, 5) is 5.34. The van der Waals surface area contributed by atoms with Gasteiger partial charge in [-0.15, -0.1) is 11.3 Å². The summed E-state index contributed by atoms with van der Waals surface area (Å²) >= 11 is 1.30. The van der Waals surface area contributed by atoms with E-state index < -0.39 is 12.7 Å². The van der Waals surface area contributed by atoms with Gasteiger partial charge in [-0.3, -0.25) is 4.90 Å². The first kappa shape index (κ1) is 13.2. The van der Waals surface area contributed by atoms with Crippen LogP contribution in [0.5, 0.6) is 0 Å². The van der Waals surface area contributed by atoms with Gasteiger partial charge >= 0.3 is 6.18 Å². The Morgan fingerprint density at radius 1 is 1.50 bits per heavy atom. The molecule has 0 spiro atoms. The van der Waals surface area contributed by atoms with E-state index in [1.54, 1.807) is 12.3 Å². The van der Waals surface area contributed by atoms with Crippen LogP contribution in [0.2, 0.25) is 0 Å². The summed E-state index contributed by atoms with van der Waals surface area (Å²) in [6.45, 7) is 1.56. The van der Waals surface area contributed by atoms with E-state index in [4.69, 9.17) is 5.73 Å². The molecule has 3 nitrogen and oxygen atoms in total. The van der Waals surface area contributed by atoms with Crippen LogP contribution in [0, 0.1) is 0 Å². The lowest BCUT2D eigenvalue weighted by Crippen LogP contribution is -2.35. The summed E-state index contributed by atoms with van der Waals surface area (Å²) in [5, 5.41) is 2.23. The van der Waals surface area contributed by atoms with Crippen molar-refractivity contribution in [2.45, 2.75) is 19.5 Å². The van der Waals surface area contributed by atoms with Crippen LogP contribution in [0.25, 0.3) is 0 Å². The third-order valence-electron chi connectivity index (χ3n) is 2.10. The van der Waals surface area contributed by atoms with Crippen LogP contribution in [0.1, 0.15) is 12.6 Å². The molecule has 0 bridgehead atoms. The first-order valence-electron chi connectivity index (χ1n) is 4.89. The summed E-state index contributed by atoms with van der Waals surface area (Å²) in [6, 6.07) is 0. The van der Waals surface area contributed by atoms with E-state index in [1.807, 2.05) is 0 Å². The van der Waals surface area contributed by atoms with Crippen LogP contribution in [-0.2, 0) is 6.42 Å². The lowest BCUT2D eigenvalue weighted by atomic mass is 10.3. The van der Waals surface area contributed by atoms with Crippen molar-refractivity contribution in [1.29, 1.82) is 0 Å². The Bertz CT molecular complexity index is 324. The highest BCUT2D eigenvalue weighted by molar-refractivity contribution is 7.13. The molecule has 1 rings (SSSR count). The van der Waals surface area contributed by atoms with Crippen molar-refractivity contribution < 1.29 is 13.2 Å². The predicted octanol–water partition coefficient (Wildman–Crippen LogP) is 2.15. The van der Waals surface area contributed by atoms with E-state index in [9.17, 15) is 13.2 Å². The number of hydrogen-bond acceptors (Lipinski definition) is 4. The van der Waals surface area contributed by atoms with E-state index >= 15 is 0 Å². The largest absolute Gasteiger partial charge is 0.401 e. The number of nitrogen functional groups attached to an aromatic ring is 1. The average molecular weight is 253 g/mol. The van der Waals surface area contributed by atoms with Crippen molar-refractivity contribution in [3.05, 3.63) is 11.1 Å². The number of halogens is 3. The summed E-state index contributed by atoms with van der Waals surface area (Å²) in [5.41, 5.74) is 6.19. The van der Waals surface area contributed by atoms with E-state index in [-0.39, 0.29) is 0 Å². The molecule has 0 unspecified atom stereocenters. The minimum absolute atomic E-state index is 0.346. The molecule has 16 heavy (non-hydrogen) atoms. The van der Waals surface area contributed by atoms with Gasteiger partial charge in [0.1, 0.15) is 0 Å². The topological polar surface area (TPSA) is 42.1 Å². The molecule has 1 aromatic rings. The molecule has 0 saturated carbocycles. The molecule has 1 heterocycles. The second-order valence-electron chi connectivity index (χ2n) is 3.41. The second kappa shape index (κ2) is 5.49. The first-order valence-corrected chi connectivity index (χ1v) is 5.77. The monoisotopic (exact) mass is 253 g/mol. The molecule has 92 valence electrons. The van der Waals surface area contributed by atoms with Crippen LogP contribution in [0.15, 0.2) is 5.38 Å². The Morgan fingerprint density at radius 2 is 2.19 bits per heavy atom. The van der Waals surface area contributed by atoms with Gasteiger partial charge < -0.3 is 5.73 Å². The SMILES string of the molecule is CCN(CCc1csc(N)n1)CC(F)(F)F. The fraction of sp³-hybridized carbons (Fsp3) is 0.667. The maximum absolute atomic E-state index is 12.1. The van der Waals surface area contributed by atoms with Crippen molar-refractivity contribution in [1.82, 2.24) is 9.88 Å². The number of alkyl halides is 3. The first-order chi connectivity index (χ1) is 7.40. The van der Waals surface area contributed by atoms with Gasteiger partial charge in [-0.1, -0.05) is 6.92 Å². The third-order valence-corrected chi connectivity index (χ3v) is 2.83. The van der Waals surface area contributed by atoms with Crippen LogP contribution >= 0.6 is 11.3 Å². The molecule has 0 aromatic carbocycles. The quantitative estimate of drug-likeness (QED) is 0.874. The molecule has 0 aliphatic rings. The highest BCUT2D eigenvalue weighted by atomic mass is 32.1. The molecule has 2 N–H and O–H groups in total. The van der Waals surface area contributed by atoms with Crippen molar-refractivity contribution in [2.24, 2.45) is 0 Å². The summed E-state index contributed by atoms with van der Waals surface area (Å²) in [7, 11) is 0. The zero-order chi connectivity index (χ0) is 12.2. The van der Waals surface area contributed by atoms with Gasteiger partial charge in [0.05, 0.1) is 12.2 Å². The van der Waals surface area contributed by atoms with Gasteiger partial charge in [-0.25, -0.2) is 4.98 Å². The van der Waals surface area contributed by atoms with Crippen molar-refractivity contribution >= 4 is 16.5 Å². The van der Waals surface area contributed by atoms with Gasteiger partial charge in [0.25, 0.3) is 0 Å². The minimum Gasteiger partial charge on any atom is -0.375 e. The highest BCUT2D eigenvalue weighted by Crippen LogP contribution is 2.17. The number of rotatable bonds is 5. The van der Waals surface area contributed by atoms with Gasteiger partial charge in [-0.05, 0) is 6.54 Å². The number of nitrogens with two attached hydrogens (primary N) is 1. The molecular weight excluding hydrogens is 239 g/mol. The fourth-order valence-electron chi connectivity index (χ4n) is 1.31. The number of hydrogen-bond donors (Lipinski definition) is 1. The van der Waals surface area contributed by atoms with Crippen molar-refractivity contribution in [3.8, 4) is 0 Å². The molecule has 0 fully saturated rings. The maximum atomic E-state index is 12.1. The Hall–Kier alpha value is -0.820. The Kier molecular flexibility index (Phi) is 4.55. The van der Waals surface area contributed by atoms with Crippen LogP contribution in [0.3, 0.4) is 0 Å². The maximum Gasteiger partial charge on any atom is 0.401 e. The summed E-state index contributed by atoms with van der Waals surface area (Å²) in [6.07, 6.45) is -3.64. The molecule has 1 aromatic heterocycles. The Balaban J connectivity index is 2.40. The van der Waals surface area contributed by atoms with Gasteiger partial charge in [0.15, 0.2) is 5.13 Å². The number of aromatic nitrogens is 1. The smallest absolute Gasteiger partial charge is 0.375 e. The molecular formula is C9H14F3N3S. The predicted molar refractivity (Wildman–Crippen MR) is 58.4 cm³/mol. The van der Waals surface area contributed by atoms with E-state index in [0.29, 0.717) is 24.6 Å². The van der Waals surface area contributed by atoms with Crippen LogP contribution in [0.4, 0.5) is 18.3 Å². The van der Waals surface area contributed by atoms with Gasteiger partial charge in [0.2, 0.25) is 0 Å². The van der Waals surface area contributed by atoms with Crippen LogP contribution < -0.4 is 5.73 Å². The fourth-order valence-corrected chi connectivity index (χ4v) is 1.91. The van der Waals surface area contributed by atoms with E-state index in [0.717, 1.165) is 5.69 Å². The Labute approximate surface area is 96.1 Å². The standard InChI is InChI=1S/C9H14F3N3S/c1-2-15(6-9(10,11)12)4-3-7-5-16-8(13)14-7/h5H,2-4,6H2,1H3,(H2,13,14). The summed E-state index contributed by atoms with van der Waals surface area (Å²) < 4.78 is 36.4. The zero-order valence-corrected chi connectivity index (χ0v) is 9.74. The lowest BCUT2D eigenvalue weighted by molar-refractivity contribution is -0.145. The Morgan fingerprint density at radius 3 is 2.62 bits per heavy atom. The minimum atomic E-state index is -4.14. The number of thiazole rings is 1. The van der Waals surface area contributed by atoms with E-state index in [2.05, 4.69) is 4.98 Å². The number of likely N-dealkylation sites (N-methyl/N-ethyl adjacent to an activating group) is 1. The van der Waals surface area contributed by atoms with Crippen molar-refractivity contribution in [3.63, 3.8) is 0 Å². The van der Waals surface area contributed by atoms with Gasteiger partial charge in [-0.2, -0.15) is 13.2 Å². The molecule has 0 aliphatic carbocycles. The van der Waals surface area contributed by atoms with Crippen LogP contribution in [-0.4, -0.2) is 35.7 Å². The van der Waals surface area contributed by atoms with E-state index in [1.165, 1.54) is 16.2 Å². The number of anilines is 1. The number of nitrogens with zero attached hydrogens (tertiary/aromatic N) is 2. The second-order valence-corrected chi connectivity index (χ2v) is 4.30. The molecule has 0 saturated heterocycles. The molecule has 0 amide bonds. The molecule has 7 heteroatoms. The van der Waals surface area contributed by atoms with Gasteiger partial charge in [0, 0.05) is 18.3 Å². The molecule has 0 radical (unpaired) electrons. The zero-order valence-electron chi connectivity index (χ0n) is 8.92. The lowest BCUT2D eigenvalue weighted by Gasteiger charge is -2.21. The normalized spacial score (nSPS) is 12.3. The molecule has 0 atom stereocenters.